The van der Waals surface area contributed by atoms with Crippen LogP contribution in [0.2, 0.25) is 0 Å². The van der Waals surface area contributed by atoms with E-state index in [-0.39, 0.29) is 5.91 Å². The number of benzene rings is 1. The molecule has 0 aliphatic heterocycles. The van der Waals surface area contributed by atoms with Gasteiger partial charge in [0.2, 0.25) is 0 Å². The minimum Gasteiger partial charge on any atom is -0.331 e. The molecule has 3 aromatic rings. The first-order valence-electron chi connectivity index (χ1n) is 8.81. The largest absolute Gasteiger partial charge is 0.331 e. The van der Waals surface area contributed by atoms with E-state index in [0.717, 1.165) is 35.4 Å². The van der Waals surface area contributed by atoms with Gasteiger partial charge >= 0.3 is 0 Å². The zero-order valence-corrected chi connectivity index (χ0v) is 15.2. The molecule has 0 atom stereocenters. The zero-order chi connectivity index (χ0) is 18.3. The van der Waals surface area contributed by atoms with Crippen LogP contribution in [-0.2, 0) is 13.6 Å². The van der Waals surface area contributed by atoms with E-state index >= 15 is 0 Å². The van der Waals surface area contributed by atoms with Crippen molar-refractivity contribution in [2.75, 3.05) is 0 Å². The first-order valence-corrected chi connectivity index (χ1v) is 8.81. The summed E-state index contributed by atoms with van der Waals surface area (Å²) in [6.45, 7) is 4.63. The number of aromatic amines is 1. The lowest BCUT2D eigenvalue weighted by Gasteiger charge is -2.24. The number of carbonyl (C=O) groups excluding carboxylic acids is 1. The van der Waals surface area contributed by atoms with E-state index < -0.39 is 0 Å². The first-order chi connectivity index (χ1) is 12.6. The van der Waals surface area contributed by atoms with Crippen LogP contribution in [0.5, 0.6) is 0 Å². The van der Waals surface area contributed by atoms with Crippen LogP contribution in [0.4, 0.5) is 0 Å². The zero-order valence-electron chi connectivity index (χ0n) is 15.2. The Bertz CT molecular complexity index is 939. The maximum absolute atomic E-state index is 13.4. The molecule has 1 aliphatic carbocycles. The van der Waals surface area contributed by atoms with Crippen LogP contribution < -0.4 is 0 Å². The molecule has 7 nitrogen and oxygen atoms in total. The fraction of sp³-hybridized carbons (Fsp3) is 0.368. The molecule has 0 bridgehead atoms. The molecule has 1 amide bonds. The summed E-state index contributed by atoms with van der Waals surface area (Å²) in [6, 6.07) is 7.85. The average Bonchev–Trinajstić information content (AvgIpc) is 3.27. The number of rotatable bonds is 5. The summed E-state index contributed by atoms with van der Waals surface area (Å²) in [5, 5.41) is 11.3. The van der Waals surface area contributed by atoms with Gasteiger partial charge in [-0.1, -0.05) is 18.2 Å². The van der Waals surface area contributed by atoms with Crippen LogP contribution in [0.15, 0.2) is 30.6 Å². The Labute approximate surface area is 152 Å². The van der Waals surface area contributed by atoms with Gasteiger partial charge in [0.15, 0.2) is 5.82 Å². The van der Waals surface area contributed by atoms with Crippen molar-refractivity contribution in [1.29, 1.82) is 0 Å². The average molecular weight is 350 g/mol. The number of carbonyl (C=O) groups is 1. The van der Waals surface area contributed by atoms with Crippen LogP contribution in [0.25, 0.3) is 11.4 Å². The van der Waals surface area contributed by atoms with Crippen LogP contribution in [0, 0.1) is 13.8 Å². The maximum atomic E-state index is 13.4. The van der Waals surface area contributed by atoms with Gasteiger partial charge in [-0.05, 0) is 32.8 Å². The highest BCUT2D eigenvalue weighted by atomic mass is 16.2. The molecule has 1 aromatic carbocycles. The van der Waals surface area contributed by atoms with Gasteiger partial charge in [0.25, 0.3) is 5.91 Å². The fourth-order valence-electron chi connectivity index (χ4n) is 3.34. The Morgan fingerprint density at radius 3 is 2.69 bits per heavy atom. The molecule has 1 fully saturated rings. The van der Waals surface area contributed by atoms with Gasteiger partial charge in [-0.3, -0.25) is 14.6 Å². The van der Waals surface area contributed by atoms with E-state index in [1.807, 2.05) is 54.7 Å². The van der Waals surface area contributed by atoms with Gasteiger partial charge in [-0.25, -0.2) is 4.98 Å². The van der Waals surface area contributed by atoms with E-state index in [9.17, 15) is 4.79 Å². The van der Waals surface area contributed by atoms with E-state index in [1.165, 1.54) is 6.33 Å². The maximum Gasteiger partial charge on any atom is 0.255 e. The van der Waals surface area contributed by atoms with Crippen LogP contribution in [-0.4, -0.2) is 41.8 Å². The van der Waals surface area contributed by atoms with Crippen LogP contribution >= 0.6 is 0 Å². The number of hydrogen-bond donors (Lipinski definition) is 1. The smallest absolute Gasteiger partial charge is 0.255 e. The lowest BCUT2D eigenvalue weighted by molar-refractivity contribution is 0.0730. The molecular formula is C19H22N6O. The van der Waals surface area contributed by atoms with E-state index in [2.05, 4.69) is 20.3 Å². The highest BCUT2D eigenvalue weighted by molar-refractivity contribution is 6.00. The molecule has 2 aromatic heterocycles. The van der Waals surface area contributed by atoms with Crippen LogP contribution in [0.1, 0.15) is 40.2 Å². The molecule has 1 N–H and O–H groups in total. The van der Waals surface area contributed by atoms with Gasteiger partial charge in [-0.2, -0.15) is 10.2 Å². The number of H-pyrrole nitrogens is 1. The van der Waals surface area contributed by atoms with Gasteiger partial charge < -0.3 is 4.90 Å². The van der Waals surface area contributed by atoms with Crippen molar-refractivity contribution in [3.05, 3.63) is 53.1 Å². The third kappa shape index (κ3) is 2.89. The van der Waals surface area contributed by atoms with Crippen molar-refractivity contribution in [3.8, 4) is 11.4 Å². The lowest BCUT2D eigenvalue weighted by atomic mass is 10.0. The summed E-state index contributed by atoms with van der Waals surface area (Å²) < 4.78 is 1.88. The molecule has 0 unspecified atom stereocenters. The Balaban J connectivity index is 1.69. The summed E-state index contributed by atoms with van der Waals surface area (Å²) in [5.74, 6) is 0.639. The molecule has 0 radical (unpaired) electrons. The SMILES string of the molecule is Cc1nn(C)c(C)c1CN(C(=O)c1ccccc1-c1ncn[nH]1)C1CC1. The summed E-state index contributed by atoms with van der Waals surface area (Å²) in [5.41, 5.74) is 4.64. The van der Waals surface area contributed by atoms with Crippen molar-refractivity contribution in [1.82, 2.24) is 29.9 Å². The Hall–Kier alpha value is -2.96. The molecule has 26 heavy (non-hydrogen) atoms. The minimum atomic E-state index is 0.0298. The number of hydrogen-bond acceptors (Lipinski definition) is 4. The number of aromatic nitrogens is 5. The van der Waals surface area contributed by atoms with Crippen LogP contribution in [0.3, 0.4) is 0 Å². The second-order valence-corrected chi connectivity index (χ2v) is 6.82. The molecular weight excluding hydrogens is 328 g/mol. The molecule has 1 saturated carbocycles. The van der Waals surface area contributed by atoms with E-state index in [4.69, 9.17) is 0 Å². The molecule has 0 saturated heterocycles. The summed E-state index contributed by atoms with van der Waals surface area (Å²) in [4.78, 5) is 19.6. The number of amides is 1. The van der Waals surface area contributed by atoms with E-state index in [1.54, 1.807) is 0 Å². The molecule has 1 aliphatic rings. The molecule has 7 heteroatoms. The third-order valence-corrected chi connectivity index (χ3v) is 5.06. The van der Waals surface area contributed by atoms with Gasteiger partial charge in [0, 0.05) is 36.5 Å². The van der Waals surface area contributed by atoms with Crippen molar-refractivity contribution in [2.24, 2.45) is 7.05 Å². The minimum absolute atomic E-state index is 0.0298. The third-order valence-electron chi connectivity index (χ3n) is 5.06. The summed E-state index contributed by atoms with van der Waals surface area (Å²) in [6.07, 6.45) is 3.56. The standard InChI is InChI=1S/C19H22N6O/c1-12-17(13(2)24(3)23-12)10-25(14-8-9-14)19(26)16-7-5-4-6-15(16)18-20-11-21-22-18/h4-7,11,14H,8-10H2,1-3H3,(H,20,21,22). The lowest BCUT2D eigenvalue weighted by Crippen LogP contribution is -2.33. The normalized spacial score (nSPS) is 13.8. The number of aryl methyl sites for hydroxylation is 2. The quantitative estimate of drug-likeness (QED) is 0.767. The second kappa shape index (κ2) is 6.40. The molecule has 2 heterocycles. The Kier molecular flexibility index (Phi) is 4.06. The highest BCUT2D eigenvalue weighted by Crippen LogP contribution is 2.32. The predicted octanol–water partition coefficient (Wildman–Crippen LogP) is 2.63. The molecule has 4 rings (SSSR count). The van der Waals surface area contributed by atoms with Crippen molar-refractivity contribution in [2.45, 2.75) is 39.3 Å². The van der Waals surface area contributed by atoms with Gasteiger partial charge in [0.1, 0.15) is 6.33 Å². The van der Waals surface area contributed by atoms with Gasteiger partial charge in [0.05, 0.1) is 11.3 Å². The van der Waals surface area contributed by atoms with Crippen molar-refractivity contribution in [3.63, 3.8) is 0 Å². The molecule has 0 spiro atoms. The molecule has 134 valence electrons. The van der Waals surface area contributed by atoms with E-state index in [0.29, 0.717) is 24.0 Å². The van der Waals surface area contributed by atoms with Crippen molar-refractivity contribution >= 4 is 5.91 Å². The highest BCUT2D eigenvalue weighted by Gasteiger charge is 2.35. The fourth-order valence-corrected chi connectivity index (χ4v) is 3.34. The monoisotopic (exact) mass is 350 g/mol. The Morgan fingerprint density at radius 2 is 2.08 bits per heavy atom. The van der Waals surface area contributed by atoms with Crippen molar-refractivity contribution < 1.29 is 4.79 Å². The number of nitrogens with zero attached hydrogens (tertiary/aromatic N) is 5. The second-order valence-electron chi connectivity index (χ2n) is 6.82. The number of nitrogens with one attached hydrogen (secondary N) is 1. The Morgan fingerprint density at radius 1 is 1.31 bits per heavy atom. The summed E-state index contributed by atoms with van der Waals surface area (Å²) >= 11 is 0. The summed E-state index contributed by atoms with van der Waals surface area (Å²) in [7, 11) is 1.94. The topological polar surface area (TPSA) is 79.7 Å². The predicted molar refractivity (Wildman–Crippen MR) is 97.4 cm³/mol. The van der Waals surface area contributed by atoms with Gasteiger partial charge in [-0.15, -0.1) is 0 Å². The first kappa shape index (κ1) is 16.5.